The minimum Gasteiger partial charge on any atom is -0.351 e. The van der Waals surface area contributed by atoms with Crippen molar-refractivity contribution in [2.75, 3.05) is 6.54 Å². The predicted octanol–water partition coefficient (Wildman–Crippen LogP) is 5.02. The standard InChI is InChI=1S/C24H26IN3O4/c1-2-16-27(24(30)18-12-6-8-14-20(18)25)22(19-13-7-9-15-21(19)28(31)32)23(29)26-17-10-4-3-5-11-17/h2,6-9,12-15,17,22H,1,3-5,10-11,16H2,(H,26,29). The summed E-state index contributed by atoms with van der Waals surface area (Å²) in [5.41, 5.74) is 0.428. The second kappa shape index (κ2) is 11.2. The molecule has 2 aromatic carbocycles. The molecule has 2 aromatic rings. The summed E-state index contributed by atoms with van der Waals surface area (Å²) in [6.07, 6.45) is 6.44. The largest absolute Gasteiger partial charge is 0.351 e. The Balaban J connectivity index is 2.07. The van der Waals surface area contributed by atoms with E-state index in [9.17, 15) is 19.7 Å². The van der Waals surface area contributed by atoms with E-state index in [1.807, 2.05) is 12.1 Å². The average molecular weight is 547 g/mol. The lowest BCUT2D eigenvalue weighted by atomic mass is 9.94. The molecule has 0 aromatic heterocycles. The smallest absolute Gasteiger partial charge is 0.275 e. The highest BCUT2D eigenvalue weighted by molar-refractivity contribution is 14.1. The van der Waals surface area contributed by atoms with Crippen LogP contribution in [0.15, 0.2) is 61.2 Å². The molecule has 1 atom stereocenters. The zero-order valence-electron chi connectivity index (χ0n) is 17.7. The van der Waals surface area contributed by atoms with Crippen LogP contribution in [-0.2, 0) is 4.79 Å². The van der Waals surface area contributed by atoms with Crippen LogP contribution in [0.5, 0.6) is 0 Å². The molecule has 0 bridgehead atoms. The summed E-state index contributed by atoms with van der Waals surface area (Å²) >= 11 is 2.07. The van der Waals surface area contributed by atoms with Gasteiger partial charge in [-0.2, -0.15) is 0 Å². The fourth-order valence-electron chi connectivity index (χ4n) is 4.10. The zero-order chi connectivity index (χ0) is 23.1. The number of benzene rings is 2. The van der Waals surface area contributed by atoms with E-state index in [4.69, 9.17) is 0 Å². The van der Waals surface area contributed by atoms with Crippen molar-refractivity contribution in [1.82, 2.24) is 10.2 Å². The van der Waals surface area contributed by atoms with Crippen molar-refractivity contribution in [3.63, 3.8) is 0 Å². The molecule has 2 amide bonds. The Morgan fingerprint density at radius 2 is 1.81 bits per heavy atom. The molecular formula is C24H26IN3O4. The topological polar surface area (TPSA) is 92.6 Å². The second-order valence-electron chi connectivity index (χ2n) is 7.79. The number of nitro groups is 1. The number of rotatable bonds is 8. The molecule has 1 aliphatic rings. The van der Waals surface area contributed by atoms with Crippen LogP contribution in [0.3, 0.4) is 0 Å². The van der Waals surface area contributed by atoms with Crippen LogP contribution in [-0.4, -0.2) is 34.2 Å². The Hall–Kier alpha value is -2.75. The first-order chi connectivity index (χ1) is 15.4. The number of carbonyl (C=O) groups is 2. The quantitative estimate of drug-likeness (QED) is 0.218. The van der Waals surface area contributed by atoms with Crippen LogP contribution in [0.25, 0.3) is 0 Å². The van der Waals surface area contributed by atoms with Gasteiger partial charge in [0.05, 0.1) is 16.1 Å². The summed E-state index contributed by atoms with van der Waals surface area (Å²) in [5.74, 6) is -0.788. The monoisotopic (exact) mass is 547 g/mol. The number of nitrogens with zero attached hydrogens (tertiary/aromatic N) is 2. The fourth-order valence-corrected chi connectivity index (χ4v) is 4.71. The second-order valence-corrected chi connectivity index (χ2v) is 8.95. The number of para-hydroxylation sites is 1. The van der Waals surface area contributed by atoms with Gasteiger partial charge in [-0.1, -0.05) is 49.6 Å². The number of nitro benzene ring substituents is 1. The molecule has 3 rings (SSSR count). The molecule has 0 heterocycles. The maximum atomic E-state index is 13.6. The molecule has 1 fully saturated rings. The minimum absolute atomic E-state index is 0.000868. The Morgan fingerprint density at radius 1 is 1.16 bits per heavy atom. The molecule has 0 radical (unpaired) electrons. The molecular weight excluding hydrogens is 521 g/mol. The highest BCUT2D eigenvalue weighted by atomic mass is 127. The average Bonchev–Trinajstić information content (AvgIpc) is 2.79. The van der Waals surface area contributed by atoms with Crippen LogP contribution in [0.2, 0.25) is 0 Å². The summed E-state index contributed by atoms with van der Waals surface area (Å²) < 4.78 is 0.734. The van der Waals surface area contributed by atoms with Crippen molar-refractivity contribution in [2.45, 2.75) is 44.2 Å². The summed E-state index contributed by atoms with van der Waals surface area (Å²) in [7, 11) is 0. The molecule has 1 aliphatic carbocycles. The lowest BCUT2D eigenvalue weighted by Crippen LogP contribution is -2.47. The van der Waals surface area contributed by atoms with Crippen molar-refractivity contribution in [3.8, 4) is 0 Å². The van der Waals surface area contributed by atoms with Gasteiger partial charge in [-0.3, -0.25) is 19.7 Å². The molecule has 1 N–H and O–H groups in total. The highest BCUT2D eigenvalue weighted by Gasteiger charge is 2.37. The molecule has 1 unspecified atom stereocenters. The van der Waals surface area contributed by atoms with Crippen molar-refractivity contribution >= 4 is 40.1 Å². The van der Waals surface area contributed by atoms with Crippen LogP contribution in [0, 0.1) is 13.7 Å². The molecule has 0 saturated heterocycles. The van der Waals surface area contributed by atoms with Crippen LogP contribution in [0.4, 0.5) is 5.69 Å². The Labute approximate surface area is 201 Å². The Bertz CT molecular complexity index is 1000. The number of hydrogen-bond acceptors (Lipinski definition) is 4. The number of amides is 2. The van der Waals surface area contributed by atoms with E-state index in [2.05, 4.69) is 34.5 Å². The molecule has 7 nitrogen and oxygen atoms in total. The lowest BCUT2D eigenvalue weighted by molar-refractivity contribution is -0.385. The van der Waals surface area contributed by atoms with E-state index in [0.29, 0.717) is 5.56 Å². The van der Waals surface area contributed by atoms with E-state index in [-0.39, 0.29) is 29.7 Å². The Kier molecular flexibility index (Phi) is 8.38. The maximum absolute atomic E-state index is 13.6. The summed E-state index contributed by atoms with van der Waals surface area (Å²) in [4.78, 5) is 39.7. The summed E-state index contributed by atoms with van der Waals surface area (Å²) in [5, 5.41) is 14.8. The van der Waals surface area contributed by atoms with E-state index < -0.39 is 16.9 Å². The number of halogens is 1. The van der Waals surface area contributed by atoms with Crippen molar-refractivity contribution in [1.29, 1.82) is 0 Å². The zero-order valence-corrected chi connectivity index (χ0v) is 19.9. The maximum Gasteiger partial charge on any atom is 0.275 e. The van der Waals surface area contributed by atoms with Gasteiger partial charge in [-0.15, -0.1) is 6.58 Å². The van der Waals surface area contributed by atoms with Crippen LogP contribution < -0.4 is 5.32 Å². The fraction of sp³-hybridized carbons (Fsp3) is 0.333. The van der Waals surface area contributed by atoms with Gasteiger partial charge >= 0.3 is 0 Å². The molecule has 0 spiro atoms. The van der Waals surface area contributed by atoms with Gasteiger partial charge < -0.3 is 10.2 Å². The Morgan fingerprint density at radius 3 is 2.47 bits per heavy atom. The summed E-state index contributed by atoms with van der Waals surface area (Å²) in [6.45, 7) is 3.81. The highest BCUT2D eigenvalue weighted by Crippen LogP contribution is 2.32. The first-order valence-corrected chi connectivity index (χ1v) is 11.7. The van der Waals surface area contributed by atoms with E-state index in [1.54, 1.807) is 30.3 Å². The van der Waals surface area contributed by atoms with Gasteiger partial charge in [0.2, 0.25) is 5.91 Å². The predicted molar refractivity (Wildman–Crippen MR) is 131 cm³/mol. The van der Waals surface area contributed by atoms with Gasteiger partial charge in [0.25, 0.3) is 11.6 Å². The molecule has 8 heteroatoms. The molecule has 32 heavy (non-hydrogen) atoms. The van der Waals surface area contributed by atoms with Gasteiger partial charge in [0, 0.05) is 22.2 Å². The van der Waals surface area contributed by atoms with Crippen LogP contribution in [0.1, 0.15) is 54.1 Å². The lowest BCUT2D eigenvalue weighted by Gasteiger charge is -2.32. The van der Waals surface area contributed by atoms with E-state index in [1.165, 1.54) is 17.0 Å². The van der Waals surface area contributed by atoms with Crippen molar-refractivity contribution < 1.29 is 14.5 Å². The third kappa shape index (κ3) is 5.53. The first-order valence-electron chi connectivity index (χ1n) is 10.6. The summed E-state index contributed by atoms with van der Waals surface area (Å²) in [6, 6.07) is 12.0. The van der Waals surface area contributed by atoms with E-state index >= 15 is 0 Å². The molecule has 1 saturated carbocycles. The third-order valence-electron chi connectivity index (χ3n) is 5.63. The molecule has 168 valence electrons. The number of nitrogens with one attached hydrogen (secondary N) is 1. The molecule has 0 aliphatic heterocycles. The van der Waals surface area contributed by atoms with E-state index in [0.717, 1.165) is 35.7 Å². The third-order valence-corrected chi connectivity index (χ3v) is 6.57. The first kappa shape index (κ1) is 23.9. The van der Waals surface area contributed by atoms with Crippen molar-refractivity contribution in [3.05, 3.63) is 86.0 Å². The SMILES string of the molecule is C=CCN(C(=O)c1ccccc1I)C(C(=O)NC1CCCCC1)c1ccccc1[N+](=O)[O-]. The van der Waals surface area contributed by atoms with Gasteiger partial charge in [-0.05, 0) is 53.6 Å². The number of carbonyl (C=O) groups excluding carboxylic acids is 2. The normalized spacial score (nSPS) is 14.9. The minimum atomic E-state index is -1.15. The van der Waals surface area contributed by atoms with Crippen molar-refractivity contribution in [2.24, 2.45) is 0 Å². The van der Waals surface area contributed by atoms with Gasteiger partial charge in [-0.25, -0.2) is 0 Å². The van der Waals surface area contributed by atoms with Crippen LogP contribution >= 0.6 is 22.6 Å². The number of hydrogen-bond donors (Lipinski definition) is 1. The van der Waals surface area contributed by atoms with Gasteiger partial charge in [0.1, 0.15) is 6.04 Å². The van der Waals surface area contributed by atoms with Gasteiger partial charge in [0.15, 0.2) is 0 Å².